The highest BCUT2D eigenvalue weighted by molar-refractivity contribution is 5.98. The number of nitrogens with zero attached hydrogens (tertiary/aromatic N) is 1. The number of hydrogen-bond donors (Lipinski definition) is 4. The van der Waals surface area contributed by atoms with Gasteiger partial charge in [0.15, 0.2) is 0 Å². The van der Waals surface area contributed by atoms with E-state index in [4.69, 9.17) is 0 Å². The topological polar surface area (TPSA) is 154 Å². The van der Waals surface area contributed by atoms with Crippen molar-refractivity contribution in [1.82, 2.24) is 20.9 Å². The Balaban J connectivity index is 1.47. The molecule has 0 saturated carbocycles. The number of carboxylic acids is 1. The van der Waals surface area contributed by atoms with E-state index in [-0.39, 0.29) is 29.5 Å². The molecule has 1 aromatic carbocycles. The standard InChI is InChI=1S/C26H36N4O7/c1-37-26(36)19-7-5-18(6-8-19)24(33)29-21(25(34)35)15-28-23(32)20-3-2-14-30(16-20)22(31)9-4-17-10-12-27-13-11-17/h5-8,17,20-21,27H,2-4,9-16H2,1H3,(H,28,32)(H,29,33)(H,34,35)/t20-,21+/m1/s1. The van der Waals surface area contributed by atoms with Crippen molar-refractivity contribution >= 4 is 29.7 Å². The third-order valence-electron chi connectivity index (χ3n) is 7.02. The van der Waals surface area contributed by atoms with Crippen LogP contribution in [0, 0.1) is 11.8 Å². The molecule has 0 unspecified atom stereocenters. The zero-order valence-electron chi connectivity index (χ0n) is 21.2. The van der Waals surface area contributed by atoms with Crippen molar-refractivity contribution in [2.45, 2.75) is 44.6 Å². The predicted molar refractivity (Wildman–Crippen MR) is 134 cm³/mol. The number of nitrogens with one attached hydrogen (secondary N) is 3. The second-order valence-corrected chi connectivity index (χ2v) is 9.59. The number of amides is 3. The van der Waals surface area contributed by atoms with Crippen molar-refractivity contribution in [2.75, 3.05) is 39.8 Å². The van der Waals surface area contributed by atoms with Gasteiger partial charge in [0.25, 0.3) is 5.91 Å². The van der Waals surface area contributed by atoms with E-state index in [1.54, 1.807) is 4.90 Å². The maximum Gasteiger partial charge on any atom is 0.337 e. The summed E-state index contributed by atoms with van der Waals surface area (Å²) in [7, 11) is 1.24. The van der Waals surface area contributed by atoms with Crippen molar-refractivity contribution in [2.24, 2.45) is 11.8 Å². The van der Waals surface area contributed by atoms with Crippen molar-refractivity contribution in [3.8, 4) is 0 Å². The van der Waals surface area contributed by atoms with Crippen LogP contribution in [-0.4, -0.2) is 85.5 Å². The largest absolute Gasteiger partial charge is 0.480 e. The number of carbonyl (C=O) groups is 5. The van der Waals surface area contributed by atoms with Gasteiger partial charge in [-0.25, -0.2) is 9.59 Å². The molecule has 2 aliphatic heterocycles. The third-order valence-corrected chi connectivity index (χ3v) is 7.02. The lowest BCUT2D eigenvalue weighted by atomic mass is 9.92. The molecule has 2 aliphatic rings. The zero-order valence-corrected chi connectivity index (χ0v) is 21.2. The fraction of sp³-hybridized carbons (Fsp3) is 0.577. The van der Waals surface area contributed by atoms with Gasteiger partial charge in [0, 0.05) is 31.6 Å². The van der Waals surface area contributed by atoms with Gasteiger partial charge >= 0.3 is 11.9 Å². The monoisotopic (exact) mass is 516 g/mol. The van der Waals surface area contributed by atoms with Crippen LogP contribution < -0.4 is 16.0 Å². The summed E-state index contributed by atoms with van der Waals surface area (Å²) >= 11 is 0. The van der Waals surface area contributed by atoms with Gasteiger partial charge in [0.2, 0.25) is 11.8 Å². The van der Waals surface area contributed by atoms with E-state index in [9.17, 15) is 29.1 Å². The van der Waals surface area contributed by atoms with Crippen LogP contribution >= 0.6 is 0 Å². The molecule has 1 aromatic rings. The molecule has 37 heavy (non-hydrogen) atoms. The minimum atomic E-state index is -1.34. The molecule has 4 N–H and O–H groups in total. The van der Waals surface area contributed by atoms with Crippen LogP contribution in [0.5, 0.6) is 0 Å². The number of methoxy groups -OCH3 is 1. The third kappa shape index (κ3) is 8.28. The number of rotatable bonds is 10. The average molecular weight is 517 g/mol. The number of likely N-dealkylation sites (tertiary alicyclic amines) is 1. The first-order valence-electron chi connectivity index (χ1n) is 12.8. The summed E-state index contributed by atoms with van der Waals surface area (Å²) in [6, 6.07) is 4.24. The van der Waals surface area contributed by atoms with E-state index >= 15 is 0 Å². The van der Waals surface area contributed by atoms with Crippen molar-refractivity contribution < 1.29 is 33.8 Å². The molecule has 2 fully saturated rings. The van der Waals surface area contributed by atoms with Gasteiger partial charge in [0.1, 0.15) is 6.04 Å². The maximum atomic E-state index is 12.8. The highest BCUT2D eigenvalue weighted by Crippen LogP contribution is 2.21. The normalized spacial score (nSPS) is 18.9. The van der Waals surface area contributed by atoms with Crippen molar-refractivity contribution in [3.63, 3.8) is 0 Å². The Labute approximate surface area is 216 Å². The van der Waals surface area contributed by atoms with Gasteiger partial charge in [0.05, 0.1) is 18.6 Å². The summed E-state index contributed by atoms with van der Waals surface area (Å²) in [6.07, 6.45) is 4.82. The van der Waals surface area contributed by atoms with Crippen LogP contribution in [0.15, 0.2) is 24.3 Å². The quantitative estimate of drug-likeness (QED) is 0.333. The van der Waals surface area contributed by atoms with Gasteiger partial charge in [-0.05, 0) is 75.4 Å². The van der Waals surface area contributed by atoms with Crippen molar-refractivity contribution in [3.05, 3.63) is 35.4 Å². The minimum absolute atomic E-state index is 0.0601. The first kappa shape index (κ1) is 28.1. The number of hydrogen-bond acceptors (Lipinski definition) is 7. The van der Waals surface area contributed by atoms with E-state index in [1.165, 1.54) is 31.4 Å². The van der Waals surface area contributed by atoms with Crippen LogP contribution in [0.3, 0.4) is 0 Å². The highest BCUT2D eigenvalue weighted by Gasteiger charge is 2.30. The molecule has 2 atom stereocenters. The molecule has 3 amide bonds. The van der Waals surface area contributed by atoms with Crippen LogP contribution in [0.4, 0.5) is 0 Å². The molecule has 2 saturated heterocycles. The first-order valence-corrected chi connectivity index (χ1v) is 12.8. The fourth-order valence-corrected chi connectivity index (χ4v) is 4.74. The van der Waals surface area contributed by atoms with E-state index < -0.39 is 29.8 Å². The number of carboxylic acid groups (broad SMARTS) is 1. The molecule has 11 nitrogen and oxygen atoms in total. The minimum Gasteiger partial charge on any atom is -0.480 e. The second-order valence-electron chi connectivity index (χ2n) is 9.59. The Morgan fingerprint density at radius 1 is 1.08 bits per heavy atom. The number of ether oxygens (including phenoxy) is 1. The average Bonchev–Trinajstić information content (AvgIpc) is 2.93. The molecule has 11 heteroatoms. The van der Waals surface area contributed by atoms with Crippen LogP contribution in [-0.2, 0) is 19.1 Å². The molecule has 0 aromatic heterocycles. The Hall–Kier alpha value is -3.47. The molecule has 202 valence electrons. The van der Waals surface area contributed by atoms with Gasteiger partial charge in [-0.15, -0.1) is 0 Å². The number of benzene rings is 1. The molecule has 3 rings (SSSR count). The lowest BCUT2D eigenvalue weighted by Crippen LogP contribution is -2.51. The van der Waals surface area contributed by atoms with Gasteiger partial charge in [-0.3, -0.25) is 14.4 Å². The molecule has 0 aliphatic carbocycles. The summed E-state index contributed by atoms with van der Waals surface area (Å²) in [5.41, 5.74) is 0.420. The number of carbonyl (C=O) groups excluding carboxylic acids is 4. The van der Waals surface area contributed by atoms with Crippen LogP contribution in [0.25, 0.3) is 0 Å². The summed E-state index contributed by atoms with van der Waals surface area (Å²) in [5.74, 6) is -2.64. The lowest BCUT2D eigenvalue weighted by molar-refractivity contribution is -0.139. The molecule has 2 heterocycles. The SMILES string of the molecule is COC(=O)c1ccc(C(=O)N[C@@H](CNC(=O)[C@@H]2CCCN(C(=O)CCC3CCNCC3)C2)C(=O)O)cc1. The Morgan fingerprint density at radius 3 is 2.41 bits per heavy atom. The Morgan fingerprint density at radius 2 is 1.76 bits per heavy atom. The molecule has 0 bridgehead atoms. The van der Waals surface area contributed by atoms with Gasteiger partial charge in [-0.1, -0.05) is 0 Å². The van der Waals surface area contributed by atoms with E-state index in [1.807, 2.05) is 0 Å². The molecule has 0 spiro atoms. The number of esters is 1. The summed E-state index contributed by atoms with van der Waals surface area (Å²) in [4.78, 5) is 63.0. The Bertz CT molecular complexity index is 976. The van der Waals surface area contributed by atoms with Crippen molar-refractivity contribution in [1.29, 1.82) is 0 Å². The molecular formula is C26H36N4O7. The highest BCUT2D eigenvalue weighted by atomic mass is 16.5. The fourth-order valence-electron chi connectivity index (χ4n) is 4.74. The summed E-state index contributed by atoms with van der Waals surface area (Å²) in [6.45, 7) is 2.62. The summed E-state index contributed by atoms with van der Waals surface area (Å²) in [5, 5.41) is 17.9. The number of piperidine rings is 2. The molecule has 0 radical (unpaired) electrons. The maximum absolute atomic E-state index is 12.8. The smallest absolute Gasteiger partial charge is 0.337 e. The van der Waals surface area contributed by atoms with Gasteiger partial charge in [-0.2, -0.15) is 0 Å². The summed E-state index contributed by atoms with van der Waals surface area (Å²) < 4.78 is 4.61. The van der Waals surface area contributed by atoms with Crippen LogP contribution in [0.1, 0.15) is 59.2 Å². The number of aliphatic carboxylic acids is 1. The lowest BCUT2D eigenvalue weighted by Gasteiger charge is -2.33. The molecular weight excluding hydrogens is 480 g/mol. The van der Waals surface area contributed by atoms with E-state index in [0.717, 1.165) is 32.4 Å². The van der Waals surface area contributed by atoms with Crippen LogP contribution in [0.2, 0.25) is 0 Å². The van der Waals surface area contributed by atoms with E-state index in [0.29, 0.717) is 38.3 Å². The Kier molecular flexibility index (Phi) is 10.4. The first-order chi connectivity index (χ1) is 17.8. The van der Waals surface area contributed by atoms with E-state index in [2.05, 4.69) is 20.7 Å². The predicted octanol–water partition coefficient (Wildman–Crippen LogP) is 0.791. The van der Waals surface area contributed by atoms with Gasteiger partial charge < -0.3 is 30.7 Å². The zero-order chi connectivity index (χ0) is 26.8. The second kappa shape index (κ2) is 13.7.